The summed E-state index contributed by atoms with van der Waals surface area (Å²) in [5.74, 6) is 0. The monoisotopic (exact) mass is 178 g/mol. The second-order valence-corrected chi connectivity index (χ2v) is 2.70. The smallest absolute Gasteiger partial charge is 0.186 e. The van der Waals surface area contributed by atoms with Crippen molar-refractivity contribution in [3.8, 4) is 0 Å². The number of methoxy groups -OCH3 is 2. The Morgan fingerprint density at radius 3 is 2.42 bits per heavy atom. The van der Waals surface area contributed by atoms with Gasteiger partial charge in [-0.15, -0.1) is 0 Å². The van der Waals surface area contributed by atoms with E-state index in [1.807, 2.05) is 0 Å². The van der Waals surface area contributed by atoms with Crippen LogP contribution in [0.5, 0.6) is 0 Å². The molecule has 0 spiro atoms. The van der Waals surface area contributed by atoms with Crippen LogP contribution in [-0.4, -0.2) is 55.6 Å². The highest BCUT2D eigenvalue weighted by molar-refractivity contribution is 4.83. The van der Waals surface area contributed by atoms with E-state index in [1.54, 1.807) is 0 Å². The molecule has 1 aliphatic rings. The van der Waals surface area contributed by atoms with E-state index in [0.29, 0.717) is 0 Å². The minimum Gasteiger partial charge on any atom is -0.388 e. The molecule has 1 saturated heterocycles. The zero-order chi connectivity index (χ0) is 9.14. The third-order valence-electron chi connectivity index (χ3n) is 1.93. The van der Waals surface area contributed by atoms with Crippen molar-refractivity contribution in [1.29, 1.82) is 0 Å². The third-order valence-corrected chi connectivity index (χ3v) is 1.93. The van der Waals surface area contributed by atoms with E-state index in [9.17, 15) is 10.2 Å². The molecule has 0 radical (unpaired) electrons. The molecule has 5 nitrogen and oxygen atoms in total. The average molecular weight is 178 g/mol. The SMILES string of the molecule is CO[C@@H]1OC[C@@H](O)[C@@H](O)[C@@H]1OC. The van der Waals surface area contributed by atoms with Crippen molar-refractivity contribution in [1.82, 2.24) is 0 Å². The van der Waals surface area contributed by atoms with Crippen LogP contribution in [0, 0.1) is 0 Å². The Kier molecular flexibility index (Phi) is 3.42. The summed E-state index contributed by atoms with van der Waals surface area (Å²) in [6, 6.07) is 0. The van der Waals surface area contributed by atoms with Crippen LogP contribution in [0.3, 0.4) is 0 Å². The van der Waals surface area contributed by atoms with Gasteiger partial charge in [0, 0.05) is 14.2 Å². The lowest BCUT2D eigenvalue weighted by Crippen LogP contribution is -2.54. The van der Waals surface area contributed by atoms with E-state index < -0.39 is 24.6 Å². The maximum atomic E-state index is 9.40. The topological polar surface area (TPSA) is 68.2 Å². The van der Waals surface area contributed by atoms with Crippen molar-refractivity contribution in [2.45, 2.75) is 24.6 Å². The number of aliphatic hydroxyl groups excluding tert-OH is 2. The quantitative estimate of drug-likeness (QED) is 0.551. The molecule has 0 unspecified atom stereocenters. The Morgan fingerprint density at radius 2 is 1.92 bits per heavy atom. The Bertz CT molecular complexity index is 138. The largest absolute Gasteiger partial charge is 0.388 e. The van der Waals surface area contributed by atoms with E-state index in [4.69, 9.17) is 14.2 Å². The molecule has 2 N–H and O–H groups in total. The lowest BCUT2D eigenvalue weighted by molar-refractivity contribution is -0.268. The molecule has 4 atom stereocenters. The highest BCUT2D eigenvalue weighted by atomic mass is 16.7. The van der Waals surface area contributed by atoms with E-state index in [-0.39, 0.29) is 6.61 Å². The molecule has 1 aliphatic heterocycles. The van der Waals surface area contributed by atoms with Crippen LogP contribution in [0.2, 0.25) is 0 Å². The van der Waals surface area contributed by atoms with Gasteiger partial charge in [-0.1, -0.05) is 0 Å². The highest BCUT2D eigenvalue weighted by Gasteiger charge is 2.38. The van der Waals surface area contributed by atoms with Crippen molar-refractivity contribution in [2.24, 2.45) is 0 Å². The maximum absolute atomic E-state index is 9.40. The van der Waals surface area contributed by atoms with Crippen LogP contribution in [0.1, 0.15) is 0 Å². The molecule has 0 aromatic carbocycles. The summed E-state index contributed by atoms with van der Waals surface area (Å²) < 4.78 is 14.9. The van der Waals surface area contributed by atoms with E-state index in [0.717, 1.165) is 0 Å². The van der Waals surface area contributed by atoms with Gasteiger partial charge >= 0.3 is 0 Å². The zero-order valence-corrected chi connectivity index (χ0v) is 7.14. The van der Waals surface area contributed by atoms with Crippen molar-refractivity contribution < 1.29 is 24.4 Å². The molecule has 0 aromatic rings. The first-order chi connectivity index (χ1) is 5.70. The number of aliphatic hydroxyl groups is 2. The van der Waals surface area contributed by atoms with Crippen molar-refractivity contribution in [3.05, 3.63) is 0 Å². The number of rotatable bonds is 2. The molecule has 0 saturated carbocycles. The van der Waals surface area contributed by atoms with Gasteiger partial charge in [-0.3, -0.25) is 0 Å². The lowest BCUT2D eigenvalue weighted by atomic mass is 10.1. The standard InChI is InChI=1S/C7H14O5/c1-10-6-5(9)4(8)3-12-7(6)11-2/h4-9H,3H2,1-2H3/t4-,5-,6+,7-/m1/s1. The van der Waals surface area contributed by atoms with Gasteiger partial charge in [0.1, 0.15) is 18.3 Å². The second kappa shape index (κ2) is 4.15. The molecule has 5 heteroatoms. The Morgan fingerprint density at radius 1 is 1.25 bits per heavy atom. The predicted molar refractivity (Wildman–Crippen MR) is 39.6 cm³/mol. The summed E-state index contributed by atoms with van der Waals surface area (Å²) in [6.45, 7) is 0.0690. The van der Waals surface area contributed by atoms with Gasteiger partial charge in [0.15, 0.2) is 6.29 Å². The number of ether oxygens (including phenoxy) is 3. The molecule has 1 rings (SSSR count). The lowest BCUT2D eigenvalue weighted by Gasteiger charge is -2.36. The first-order valence-corrected chi connectivity index (χ1v) is 3.74. The summed E-state index contributed by atoms with van der Waals surface area (Å²) >= 11 is 0. The molecule has 0 amide bonds. The Labute approximate surface area is 70.9 Å². The number of hydrogen-bond donors (Lipinski definition) is 2. The molecular weight excluding hydrogens is 164 g/mol. The van der Waals surface area contributed by atoms with Gasteiger partial charge in [-0.2, -0.15) is 0 Å². The van der Waals surface area contributed by atoms with E-state index in [2.05, 4.69) is 0 Å². The fraction of sp³-hybridized carbons (Fsp3) is 1.00. The molecule has 12 heavy (non-hydrogen) atoms. The summed E-state index contributed by atoms with van der Waals surface area (Å²) in [5, 5.41) is 18.6. The minimum atomic E-state index is -0.950. The second-order valence-electron chi connectivity index (χ2n) is 2.70. The maximum Gasteiger partial charge on any atom is 0.186 e. The molecule has 1 heterocycles. The summed E-state index contributed by atoms with van der Waals surface area (Å²) in [4.78, 5) is 0. The fourth-order valence-corrected chi connectivity index (χ4v) is 1.22. The van der Waals surface area contributed by atoms with Crippen LogP contribution in [0.25, 0.3) is 0 Å². The first-order valence-electron chi connectivity index (χ1n) is 3.74. The molecule has 0 aliphatic carbocycles. The predicted octanol–water partition coefficient (Wildman–Crippen LogP) is -1.27. The van der Waals surface area contributed by atoms with Gasteiger partial charge in [0.2, 0.25) is 0 Å². The zero-order valence-electron chi connectivity index (χ0n) is 7.14. The molecular formula is C7H14O5. The fourth-order valence-electron chi connectivity index (χ4n) is 1.22. The first kappa shape index (κ1) is 9.88. The highest BCUT2D eigenvalue weighted by Crippen LogP contribution is 2.18. The average Bonchev–Trinajstić information content (AvgIpc) is 2.09. The van der Waals surface area contributed by atoms with Gasteiger partial charge in [0.05, 0.1) is 6.61 Å². The Balaban J connectivity index is 2.58. The van der Waals surface area contributed by atoms with Crippen molar-refractivity contribution >= 4 is 0 Å². The summed E-state index contributed by atoms with van der Waals surface area (Å²) in [7, 11) is 2.89. The normalized spacial score (nSPS) is 43.0. The van der Waals surface area contributed by atoms with Gasteiger partial charge in [-0.25, -0.2) is 0 Å². The number of hydrogen-bond acceptors (Lipinski definition) is 5. The van der Waals surface area contributed by atoms with Crippen LogP contribution in [-0.2, 0) is 14.2 Å². The molecule has 1 fully saturated rings. The minimum absolute atomic E-state index is 0.0690. The third kappa shape index (κ3) is 1.75. The summed E-state index contributed by atoms with van der Waals surface area (Å²) in [6.07, 6.45) is -3.08. The molecule has 72 valence electrons. The van der Waals surface area contributed by atoms with E-state index >= 15 is 0 Å². The van der Waals surface area contributed by atoms with Crippen LogP contribution >= 0.6 is 0 Å². The van der Waals surface area contributed by atoms with Crippen molar-refractivity contribution in [3.63, 3.8) is 0 Å². The van der Waals surface area contributed by atoms with Crippen LogP contribution < -0.4 is 0 Å². The van der Waals surface area contributed by atoms with Crippen molar-refractivity contribution in [2.75, 3.05) is 20.8 Å². The molecule has 0 bridgehead atoms. The van der Waals surface area contributed by atoms with Gasteiger partial charge < -0.3 is 24.4 Å². The van der Waals surface area contributed by atoms with Gasteiger partial charge in [0.25, 0.3) is 0 Å². The summed E-state index contributed by atoms with van der Waals surface area (Å²) in [5.41, 5.74) is 0. The van der Waals surface area contributed by atoms with Crippen LogP contribution in [0.15, 0.2) is 0 Å². The van der Waals surface area contributed by atoms with E-state index in [1.165, 1.54) is 14.2 Å². The Hall–Kier alpha value is -0.200. The molecule has 0 aromatic heterocycles. The van der Waals surface area contributed by atoms with Crippen LogP contribution in [0.4, 0.5) is 0 Å². The van der Waals surface area contributed by atoms with Gasteiger partial charge in [-0.05, 0) is 0 Å².